The Hall–Kier alpha value is -2.56. The van der Waals surface area contributed by atoms with Crippen molar-refractivity contribution < 1.29 is 9.66 Å². The van der Waals surface area contributed by atoms with Gasteiger partial charge in [0.05, 0.1) is 4.92 Å². The minimum absolute atomic E-state index is 0.0367. The van der Waals surface area contributed by atoms with Gasteiger partial charge in [-0.15, -0.1) is 0 Å². The second-order valence-electron chi connectivity index (χ2n) is 3.42. The molecule has 86 valence electrons. The van der Waals surface area contributed by atoms with Crippen molar-refractivity contribution in [3.63, 3.8) is 0 Å². The van der Waals surface area contributed by atoms with Crippen molar-refractivity contribution in [3.8, 4) is 11.5 Å². The number of non-ortho nitro benzene ring substituents is 1. The highest BCUT2D eigenvalue weighted by atomic mass is 16.6. The number of nitro benzene ring substituents is 1. The molecular weight excluding hydrogens is 220 g/mol. The van der Waals surface area contributed by atoms with Crippen LogP contribution in [0, 0.1) is 10.1 Å². The van der Waals surface area contributed by atoms with E-state index in [0.717, 1.165) is 0 Å². The fourth-order valence-electron chi connectivity index (χ4n) is 1.31. The predicted molar refractivity (Wildman–Crippen MR) is 64.0 cm³/mol. The molecule has 0 heterocycles. The molecule has 2 aromatic rings. The molecule has 2 rings (SSSR count). The number of hydrogen-bond acceptors (Lipinski definition) is 4. The summed E-state index contributed by atoms with van der Waals surface area (Å²) >= 11 is 0. The molecule has 5 heteroatoms. The third kappa shape index (κ3) is 2.72. The van der Waals surface area contributed by atoms with Crippen LogP contribution in [-0.4, -0.2) is 4.92 Å². The van der Waals surface area contributed by atoms with Gasteiger partial charge in [0.15, 0.2) is 0 Å². The summed E-state index contributed by atoms with van der Waals surface area (Å²) < 4.78 is 5.49. The summed E-state index contributed by atoms with van der Waals surface area (Å²) in [5, 5.41) is 10.5. The highest BCUT2D eigenvalue weighted by Gasteiger charge is 2.04. The first-order valence-electron chi connectivity index (χ1n) is 4.93. The van der Waals surface area contributed by atoms with Crippen molar-refractivity contribution >= 4 is 11.4 Å². The van der Waals surface area contributed by atoms with Gasteiger partial charge in [-0.25, -0.2) is 0 Å². The first-order chi connectivity index (χ1) is 8.15. The molecule has 2 aromatic carbocycles. The molecule has 0 amide bonds. The molecule has 0 fully saturated rings. The molecule has 0 bridgehead atoms. The van der Waals surface area contributed by atoms with Crippen molar-refractivity contribution in [2.45, 2.75) is 0 Å². The van der Waals surface area contributed by atoms with Crippen LogP contribution >= 0.6 is 0 Å². The molecule has 0 aliphatic heterocycles. The number of nitro groups is 1. The lowest BCUT2D eigenvalue weighted by Gasteiger charge is -2.05. The minimum Gasteiger partial charge on any atom is -0.457 e. The van der Waals surface area contributed by atoms with E-state index in [1.807, 2.05) is 0 Å². The number of nitrogens with zero attached hydrogens (tertiary/aromatic N) is 1. The van der Waals surface area contributed by atoms with E-state index < -0.39 is 4.92 Å². The van der Waals surface area contributed by atoms with Crippen LogP contribution in [0.4, 0.5) is 11.4 Å². The quantitative estimate of drug-likeness (QED) is 0.499. The van der Waals surface area contributed by atoms with Gasteiger partial charge in [0, 0.05) is 17.8 Å². The first-order valence-corrected chi connectivity index (χ1v) is 4.93. The lowest BCUT2D eigenvalue weighted by molar-refractivity contribution is -0.384. The average molecular weight is 230 g/mol. The summed E-state index contributed by atoms with van der Waals surface area (Å²) in [4.78, 5) is 10.0. The number of ether oxygens (including phenoxy) is 1. The van der Waals surface area contributed by atoms with E-state index in [9.17, 15) is 10.1 Å². The molecule has 0 spiro atoms. The Labute approximate surface area is 97.6 Å². The Morgan fingerprint density at radius 3 is 1.88 bits per heavy atom. The van der Waals surface area contributed by atoms with Crippen LogP contribution < -0.4 is 10.5 Å². The SMILES string of the molecule is Nc1ccc(Oc2ccc([N+](=O)[O-])cc2)cc1. The van der Waals surface area contributed by atoms with Crippen LogP contribution in [0.15, 0.2) is 48.5 Å². The lowest BCUT2D eigenvalue weighted by Crippen LogP contribution is -1.89. The highest BCUT2D eigenvalue weighted by molar-refractivity contribution is 5.44. The highest BCUT2D eigenvalue weighted by Crippen LogP contribution is 2.24. The monoisotopic (exact) mass is 230 g/mol. The fraction of sp³-hybridized carbons (Fsp3) is 0. The predicted octanol–water partition coefficient (Wildman–Crippen LogP) is 2.97. The molecule has 0 unspecified atom stereocenters. The Morgan fingerprint density at radius 2 is 1.41 bits per heavy atom. The molecule has 0 atom stereocenters. The second kappa shape index (κ2) is 4.52. The van der Waals surface area contributed by atoms with Crippen LogP contribution in [-0.2, 0) is 0 Å². The van der Waals surface area contributed by atoms with E-state index in [1.54, 1.807) is 36.4 Å². The zero-order valence-electron chi connectivity index (χ0n) is 8.87. The van der Waals surface area contributed by atoms with Crippen molar-refractivity contribution in [1.82, 2.24) is 0 Å². The van der Waals surface area contributed by atoms with Gasteiger partial charge in [0.1, 0.15) is 11.5 Å². The number of benzene rings is 2. The number of anilines is 1. The van der Waals surface area contributed by atoms with Crippen LogP contribution in [0.25, 0.3) is 0 Å². The Morgan fingerprint density at radius 1 is 0.941 bits per heavy atom. The molecule has 0 aromatic heterocycles. The van der Waals surface area contributed by atoms with Gasteiger partial charge in [-0.1, -0.05) is 0 Å². The summed E-state index contributed by atoms with van der Waals surface area (Å²) in [6.45, 7) is 0. The van der Waals surface area contributed by atoms with E-state index >= 15 is 0 Å². The molecule has 5 nitrogen and oxygen atoms in total. The van der Waals surface area contributed by atoms with Gasteiger partial charge in [0.25, 0.3) is 5.69 Å². The normalized spacial score (nSPS) is 9.88. The largest absolute Gasteiger partial charge is 0.457 e. The molecule has 0 radical (unpaired) electrons. The first kappa shape index (κ1) is 10.9. The number of nitrogen functional groups attached to an aromatic ring is 1. The fourth-order valence-corrected chi connectivity index (χ4v) is 1.31. The Kier molecular flexibility index (Phi) is 2.91. The van der Waals surface area contributed by atoms with Crippen LogP contribution in [0.2, 0.25) is 0 Å². The molecular formula is C12H10N2O3. The van der Waals surface area contributed by atoms with Crippen molar-refractivity contribution in [2.75, 3.05) is 5.73 Å². The topological polar surface area (TPSA) is 78.4 Å². The maximum Gasteiger partial charge on any atom is 0.269 e. The van der Waals surface area contributed by atoms with Gasteiger partial charge < -0.3 is 10.5 Å². The molecule has 0 saturated carbocycles. The Bertz CT molecular complexity index is 520. The second-order valence-corrected chi connectivity index (χ2v) is 3.42. The van der Waals surface area contributed by atoms with E-state index in [0.29, 0.717) is 17.2 Å². The molecule has 2 N–H and O–H groups in total. The van der Waals surface area contributed by atoms with Crippen LogP contribution in [0.1, 0.15) is 0 Å². The van der Waals surface area contributed by atoms with Gasteiger partial charge >= 0.3 is 0 Å². The standard InChI is InChI=1S/C12H10N2O3/c13-9-1-5-11(6-2-9)17-12-7-3-10(4-8-12)14(15)16/h1-8H,13H2. The van der Waals surface area contributed by atoms with Crippen LogP contribution in [0.5, 0.6) is 11.5 Å². The van der Waals surface area contributed by atoms with E-state index in [2.05, 4.69) is 0 Å². The van der Waals surface area contributed by atoms with Crippen molar-refractivity contribution in [3.05, 3.63) is 58.6 Å². The van der Waals surface area contributed by atoms with Crippen molar-refractivity contribution in [2.24, 2.45) is 0 Å². The lowest BCUT2D eigenvalue weighted by atomic mass is 10.3. The smallest absolute Gasteiger partial charge is 0.269 e. The van der Waals surface area contributed by atoms with Gasteiger partial charge in [0.2, 0.25) is 0 Å². The van der Waals surface area contributed by atoms with E-state index in [1.165, 1.54) is 12.1 Å². The summed E-state index contributed by atoms with van der Waals surface area (Å²) in [5.41, 5.74) is 6.23. The van der Waals surface area contributed by atoms with E-state index in [4.69, 9.17) is 10.5 Å². The molecule has 17 heavy (non-hydrogen) atoms. The third-order valence-electron chi connectivity index (χ3n) is 2.16. The summed E-state index contributed by atoms with van der Waals surface area (Å²) in [6.07, 6.45) is 0. The number of rotatable bonds is 3. The van der Waals surface area contributed by atoms with Crippen LogP contribution in [0.3, 0.4) is 0 Å². The van der Waals surface area contributed by atoms with Gasteiger partial charge in [-0.2, -0.15) is 0 Å². The Balaban J connectivity index is 2.13. The van der Waals surface area contributed by atoms with Gasteiger partial charge in [-0.3, -0.25) is 10.1 Å². The van der Waals surface area contributed by atoms with E-state index in [-0.39, 0.29) is 5.69 Å². The summed E-state index contributed by atoms with van der Waals surface area (Å²) in [6, 6.07) is 12.8. The zero-order valence-corrected chi connectivity index (χ0v) is 8.87. The minimum atomic E-state index is -0.451. The average Bonchev–Trinajstić information content (AvgIpc) is 2.33. The number of nitrogens with two attached hydrogens (primary N) is 1. The third-order valence-corrected chi connectivity index (χ3v) is 2.16. The molecule has 0 aliphatic carbocycles. The van der Waals surface area contributed by atoms with Crippen molar-refractivity contribution in [1.29, 1.82) is 0 Å². The summed E-state index contributed by atoms with van der Waals surface area (Å²) in [7, 11) is 0. The molecule has 0 saturated heterocycles. The summed E-state index contributed by atoms with van der Waals surface area (Å²) in [5.74, 6) is 1.17. The maximum atomic E-state index is 10.5. The molecule has 0 aliphatic rings. The van der Waals surface area contributed by atoms with Gasteiger partial charge in [-0.05, 0) is 36.4 Å². The zero-order chi connectivity index (χ0) is 12.3. The number of hydrogen-bond donors (Lipinski definition) is 1. The maximum absolute atomic E-state index is 10.5.